The molecule has 0 spiro atoms. The van der Waals surface area contributed by atoms with Crippen LogP contribution in [0.5, 0.6) is 23.0 Å². The van der Waals surface area contributed by atoms with E-state index in [1.54, 1.807) is 66.6 Å². The van der Waals surface area contributed by atoms with Crippen LogP contribution in [0.15, 0.2) is 119 Å². The van der Waals surface area contributed by atoms with Crippen LogP contribution in [0, 0.1) is 0 Å². The molecule has 0 atom stereocenters. The molecule has 0 radical (unpaired) electrons. The fourth-order valence-electron chi connectivity index (χ4n) is 10.4. The minimum absolute atomic E-state index is 0.206. The molecule has 4 amide bonds. The van der Waals surface area contributed by atoms with E-state index in [9.17, 15) is 19.2 Å². The molecule has 22 heteroatoms. The van der Waals surface area contributed by atoms with E-state index in [1.165, 1.54) is 74.7 Å². The van der Waals surface area contributed by atoms with Gasteiger partial charge in [-0.2, -0.15) is 0 Å². The first kappa shape index (κ1) is 46.2. The van der Waals surface area contributed by atoms with E-state index in [1.807, 2.05) is 82.3 Å². The Kier molecular flexibility index (Phi) is 11.5. The zero-order valence-corrected chi connectivity index (χ0v) is 43.6. The van der Waals surface area contributed by atoms with Gasteiger partial charge in [-0.25, -0.2) is 9.59 Å². The second-order valence-electron chi connectivity index (χ2n) is 16.5. The van der Waals surface area contributed by atoms with E-state index in [-0.39, 0.29) is 49.2 Å². The van der Waals surface area contributed by atoms with E-state index >= 15 is 9.59 Å². The second kappa shape index (κ2) is 17.4. The number of rotatable bonds is 6. The van der Waals surface area contributed by atoms with Crippen LogP contribution in [0.2, 0.25) is 0 Å². The maximum Gasteiger partial charge on any atom is 0.325 e. The first-order valence-corrected chi connectivity index (χ1v) is 28.2. The van der Waals surface area contributed by atoms with Crippen molar-refractivity contribution >= 4 is 130 Å². The molecular weight excluding hydrogens is 1050 g/mol. The predicted molar refractivity (Wildman–Crippen MR) is 273 cm³/mol. The number of benzene rings is 4. The van der Waals surface area contributed by atoms with E-state index < -0.39 is 47.3 Å². The van der Waals surface area contributed by atoms with E-state index in [4.69, 9.17) is 18.9 Å². The molecule has 70 heavy (non-hydrogen) atoms. The number of nitrogens with zero attached hydrogens (tertiary/aromatic N) is 4. The lowest BCUT2D eigenvalue weighted by Gasteiger charge is -2.49. The third kappa shape index (κ3) is 6.72. The summed E-state index contributed by atoms with van der Waals surface area (Å²) in [7, 11) is 0. The van der Waals surface area contributed by atoms with Gasteiger partial charge in [-0.15, -0.1) is 0 Å². The van der Waals surface area contributed by atoms with E-state index in [2.05, 4.69) is 0 Å². The molecule has 0 aromatic heterocycles. The van der Waals surface area contributed by atoms with Crippen LogP contribution in [0.1, 0.15) is 61.1 Å². The number of carbonyl (C=O) groups excluding carboxylic acids is 6. The molecule has 0 aliphatic carbocycles. The van der Waals surface area contributed by atoms with Gasteiger partial charge in [0.25, 0.3) is 0 Å². The van der Waals surface area contributed by atoms with Crippen molar-refractivity contribution in [2.45, 2.75) is 84.8 Å². The summed E-state index contributed by atoms with van der Waals surface area (Å²) in [5.74, 6) is -1.58. The summed E-state index contributed by atoms with van der Waals surface area (Å²) in [6, 6.07) is 17.7. The van der Waals surface area contributed by atoms with Gasteiger partial charge in [-0.3, -0.25) is 38.8 Å². The van der Waals surface area contributed by atoms with Crippen molar-refractivity contribution in [3.8, 4) is 23.0 Å². The molecule has 0 N–H and O–H groups in total. The maximum absolute atomic E-state index is 16.5. The third-order valence-electron chi connectivity index (χ3n) is 12.6. The van der Waals surface area contributed by atoms with Crippen LogP contribution in [0.3, 0.4) is 0 Å². The summed E-state index contributed by atoms with van der Waals surface area (Å²) < 4.78 is 28.7. The molecule has 14 nitrogen and oxygen atoms in total. The van der Waals surface area contributed by atoms with Gasteiger partial charge in [-0.05, 0) is 21.6 Å². The third-order valence-corrected chi connectivity index (χ3v) is 23.0. The zero-order valence-electron chi connectivity index (χ0n) is 37.0. The molecule has 354 valence electrons. The Labute approximate surface area is 434 Å². The van der Waals surface area contributed by atoms with Crippen molar-refractivity contribution in [1.29, 1.82) is 0 Å². The minimum Gasteiger partial charge on any atom is -0.425 e. The molecule has 2 saturated heterocycles. The Hall–Kier alpha value is -4.94. The molecule has 8 aliphatic heterocycles. The molecule has 4 aromatic rings. The first-order valence-electron chi connectivity index (χ1n) is 21.5. The predicted octanol–water partition coefficient (Wildman–Crippen LogP) is 11.8. The maximum atomic E-state index is 16.5. The topological polar surface area (TPSA) is 152 Å². The number of hydrogen-bond acceptors (Lipinski definition) is 18. The average Bonchev–Trinajstić information content (AvgIpc) is 4.20. The fraction of sp³-hybridized carbons (Fsp3) is 0.208. The second-order valence-corrected chi connectivity index (χ2v) is 25.3. The molecule has 8 aliphatic rings. The van der Waals surface area contributed by atoms with Gasteiger partial charge in [0.2, 0.25) is 0 Å². The molecule has 12 rings (SSSR count). The van der Waals surface area contributed by atoms with Crippen LogP contribution in [0.25, 0.3) is 0 Å². The highest BCUT2D eigenvalue weighted by Crippen LogP contribution is 2.71. The van der Waals surface area contributed by atoms with Crippen LogP contribution < -0.4 is 18.9 Å². The highest BCUT2D eigenvalue weighted by Gasteiger charge is 2.81. The zero-order chi connectivity index (χ0) is 48.4. The summed E-state index contributed by atoms with van der Waals surface area (Å²) in [6.45, 7) is 4.40. The Balaban J connectivity index is 1.16. The van der Waals surface area contributed by atoms with Crippen molar-refractivity contribution in [3.63, 3.8) is 0 Å². The van der Waals surface area contributed by atoms with Crippen molar-refractivity contribution in [1.82, 2.24) is 19.6 Å². The molecule has 0 saturated carbocycles. The summed E-state index contributed by atoms with van der Waals surface area (Å²) in [4.78, 5) is 94.9. The van der Waals surface area contributed by atoms with Gasteiger partial charge in [0.15, 0.2) is 34.3 Å². The lowest BCUT2D eigenvalue weighted by atomic mass is 9.79. The van der Waals surface area contributed by atoms with E-state index in [0.717, 1.165) is 16.9 Å². The van der Waals surface area contributed by atoms with Gasteiger partial charge in [0.05, 0.1) is 62.7 Å². The monoisotopic (exact) mass is 1080 g/mol. The first-order chi connectivity index (χ1) is 33.8. The number of amides is 4. The van der Waals surface area contributed by atoms with Gasteiger partial charge in [0, 0.05) is 61.1 Å². The van der Waals surface area contributed by atoms with Crippen LogP contribution in [-0.4, -0.2) is 55.5 Å². The van der Waals surface area contributed by atoms with Crippen LogP contribution in [-0.2, 0) is 56.7 Å². The summed E-state index contributed by atoms with van der Waals surface area (Å²) in [5.41, 5.74) is -0.644. The van der Waals surface area contributed by atoms with Crippen molar-refractivity contribution in [2.75, 3.05) is 0 Å². The SMILES string of the molecule is CC(=O)Oc1c2c(c(OC(C)=O)c3c1SC(=C1SC=CS1)S3)CN1C(=O)N3Cc4c(c(OC(C)=O)c5c(c4OC(C)=O)SC(=C4SC=CS4)S5)CN4C(=O)N(C2)C1(c1ccccc1)C43c1ccccc1. The number of thioether (sulfide) groups is 8. The number of hydrogen-bond donors (Lipinski definition) is 0. The average molecular weight is 1080 g/mol. The number of fused-ring (bicyclic) bond motifs is 4. The Bertz CT molecular complexity index is 2870. The number of urea groups is 2. The Morgan fingerprint density at radius 3 is 0.914 bits per heavy atom. The van der Waals surface area contributed by atoms with Crippen molar-refractivity contribution in [3.05, 3.63) is 133 Å². The van der Waals surface area contributed by atoms with Crippen LogP contribution >= 0.6 is 94.1 Å². The Morgan fingerprint density at radius 1 is 0.414 bits per heavy atom. The number of ether oxygens (including phenoxy) is 4. The smallest absolute Gasteiger partial charge is 0.325 e. The highest BCUT2D eigenvalue weighted by atomic mass is 32.2. The largest absolute Gasteiger partial charge is 0.425 e. The normalized spacial score (nSPS) is 22.2. The minimum atomic E-state index is -1.70. The summed E-state index contributed by atoms with van der Waals surface area (Å²) in [6.07, 6.45) is 0. The lowest BCUT2D eigenvalue weighted by Crippen LogP contribution is -2.62. The summed E-state index contributed by atoms with van der Waals surface area (Å²) >= 11 is 11.8. The molecule has 4 aromatic carbocycles. The quantitative estimate of drug-likeness (QED) is 0.133. The molecule has 0 bridgehead atoms. The van der Waals surface area contributed by atoms with Gasteiger partial charge in [0.1, 0.15) is 0 Å². The molecule has 8 heterocycles. The van der Waals surface area contributed by atoms with Crippen molar-refractivity contribution in [2.24, 2.45) is 0 Å². The Morgan fingerprint density at radius 2 is 0.671 bits per heavy atom. The lowest BCUT2D eigenvalue weighted by molar-refractivity contribution is -0.133. The van der Waals surface area contributed by atoms with Gasteiger partial charge in [-0.1, -0.05) is 155 Å². The number of esters is 4. The molecular formula is C48H34N4O10S8. The molecule has 0 unspecified atom stereocenters. The van der Waals surface area contributed by atoms with Gasteiger partial charge < -0.3 is 18.9 Å². The standard InChI is InChI=1S/C48H34N4O10S8/c1-23(53)59-33-29-19-49-45(57)51-21-31-32(36(62-26(4)56)40-39(35(31)61-25(3)55)69-44(70-40)42-65-17-18-66-42)22-52-46(58)50(47(49,27-11-7-5-8-12-27)48(51,52)28-13-9-6-10-14-28)20-30(29)34(60-24(2)54)38-37(33)67-43(68-38)41-63-15-16-64-41/h5-18H,19-22H2,1-4H3. The van der Waals surface area contributed by atoms with E-state index in [0.29, 0.717) is 53.0 Å². The van der Waals surface area contributed by atoms with Crippen LogP contribution in [0.4, 0.5) is 9.59 Å². The highest BCUT2D eigenvalue weighted by molar-refractivity contribution is 8.32. The molecule has 2 fully saturated rings. The summed E-state index contributed by atoms with van der Waals surface area (Å²) in [5, 5.41) is 7.91. The number of carbonyl (C=O) groups is 6. The van der Waals surface area contributed by atoms with Gasteiger partial charge >= 0.3 is 35.9 Å². The fourth-order valence-corrected chi connectivity index (χ4v) is 20.1. The van der Waals surface area contributed by atoms with Crippen molar-refractivity contribution < 1.29 is 47.7 Å².